The summed E-state index contributed by atoms with van der Waals surface area (Å²) in [6.07, 6.45) is 1.75. The molecule has 0 aliphatic heterocycles. The highest BCUT2D eigenvalue weighted by Gasteiger charge is 2.11. The van der Waals surface area contributed by atoms with Gasteiger partial charge in [-0.25, -0.2) is 9.78 Å². The summed E-state index contributed by atoms with van der Waals surface area (Å²) < 4.78 is 5.36. The third kappa shape index (κ3) is 3.38. The number of hydrazone groups is 1. The maximum atomic E-state index is 12.2. The summed E-state index contributed by atoms with van der Waals surface area (Å²) in [4.78, 5) is 18.9. The summed E-state index contributed by atoms with van der Waals surface area (Å²) in [6.45, 7) is 2.05. The van der Waals surface area contributed by atoms with E-state index in [-0.39, 0.29) is 0 Å². The van der Waals surface area contributed by atoms with Crippen molar-refractivity contribution in [3.8, 4) is 11.3 Å². The average molecular weight is 367 g/mol. The van der Waals surface area contributed by atoms with Gasteiger partial charge in [-0.1, -0.05) is 18.2 Å². The van der Waals surface area contributed by atoms with Crippen LogP contribution in [0.5, 0.6) is 0 Å². The molecule has 0 aliphatic carbocycles. The number of fused-ring (bicyclic) bond motifs is 1. The fourth-order valence-corrected chi connectivity index (χ4v) is 3.77. The normalized spacial score (nSPS) is 11.4. The SMILES string of the molecule is Cc1ccc(/C=N/Nc2nc(-c3cc4ccccc4oc3=O)cs2)s1. The van der Waals surface area contributed by atoms with Gasteiger partial charge in [-0.15, -0.1) is 22.7 Å². The molecule has 4 aromatic rings. The van der Waals surface area contributed by atoms with Gasteiger partial charge in [0.2, 0.25) is 5.13 Å². The van der Waals surface area contributed by atoms with Crippen LogP contribution in [-0.2, 0) is 0 Å². The summed E-state index contributed by atoms with van der Waals surface area (Å²) in [6, 6.07) is 13.3. The van der Waals surface area contributed by atoms with Crippen LogP contribution in [0.25, 0.3) is 22.2 Å². The van der Waals surface area contributed by atoms with E-state index in [0.29, 0.717) is 22.0 Å². The second-order valence-electron chi connectivity index (χ2n) is 5.34. The topological polar surface area (TPSA) is 67.5 Å². The Labute approximate surface area is 151 Å². The van der Waals surface area contributed by atoms with Crippen molar-refractivity contribution in [2.24, 2.45) is 5.10 Å². The molecule has 0 fully saturated rings. The van der Waals surface area contributed by atoms with Crippen LogP contribution in [-0.4, -0.2) is 11.2 Å². The molecule has 4 rings (SSSR count). The second-order valence-corrected chi connectivity index (χ2v) is 7.52. The predicted octanol–water partition coefficient (Wildman–Crippen LogP) is 4.73. The molecule has 0 atom stereocenters. The van der Waals surface area contributed by atoms with Crippen molar-refractivity contribution in [1.82, 2.24) is 4.98 Å². The molecular formula is C18H13N3O2S2. The molecule has 3 heterocycles. The lowest BCUT2D eigenvalue weighted by Gasteiger charge is -1.99. The first kappa shape index (κ1) is 15.7. The standard InChI is InChI=1S/C18H13N3O2S2/c1-11-6-7-13(25-11)9-19-21-18-20-15(10-24-18)14-8-12-4-2-3-5-16(12)23-17(14)22/h2-10H,1H3,(H,20,21)/b19-9+. The molecule has 0 bridgehead atoms. The fraction of sp³-hybridized carbons (Fsp3) is 0.0556. The number of thiophene rings is 1. The highest BCUT2D eigenvalue weighted by atomic mass is 32.1. The maximum absolute atomic E-state index is 12.2. The number of anilines is 1. The summed E-state index contributed by atoms with van der Waals surface area (Å²) in [5.41, 5.74) is 4.10. The smallest absolute Gasteiger partial charge is 0.345 e. The zero-order valence-electron chi connectivity index (χ0n) is 13.2. The van der Waals surface area contributed by atoms with Crippen LogP contribution in [0, 0.1) is 6.92 Å². The lowest BCUT2D eigenvalue weighted by atomic mass is 10.1. The minimum Gasteiger partial charge on any atom is -0.422 e. The van der Waals surface area contributed by atoms with Crippen molar-refractivity contribution in [3.63, 3.8) is 0 Å². The summed E-state index contributed by atoms with van der Waals surface area (Å²) in [5, 5.41) is 7.48. The quantitative estimate of drug-likeness (QED) is 0.322. The van der Waals surface area contributed by atoms with Crippen molar-refractivity contribution < 1.29 is 4.42 Å². The van der Waals surface area contributed by atoms with Gasteiger partial charge in [0.1, 0.15) is 5.58 Å². The summed E-state index contributed by atoms with van der Waals surface area (Å²) in [7, 11) is 0. The Kier molecular flexibility index (Phi) is 4.17. The molecule has 5 nitrogen and oxygen atoms in total. The zero-order valence-corrected chi connectivity index (χ0v) is 14.9. The molecule has 0 amide bonds. The van der Waals surface area contributed by atoms with E-state index in [1.807, 2.05) is 35.7 Å². The number of hydrogen-bond acceptors (Lipinski definition) is 7. The Bertz CT molecular complexity index is 1120. The summed E-state index contributed by atoms with van der Waals surface area (Å²) in [5.74, 6) is 0. The molecule has 7 heteroatoms. The zero-order chi connectivity index (χ0) is 17.2. The van der Waals surface area contributed by atoms with Gasteiger partial charge in [0, 0.05) is 20.5 Å². The Morgan fingerprint density at radius 1 is 1.24 bits per heavy atom. The number of rotatable bonds is 4. The second kappa shape index (κ2) is 6.62. The van der Waals surface area contributed by atoms with Crippen LogP contribution in [0.4, 0.5) is 5.13 Å². The number of nitrogens with zero attached hydrogens (tertiary/aromatic N) is 2. The van der Waals surface area contributed by atoms with E-state index in [0.717, 1.165) is 10.3 Å². The molecule has 25 heavy (non-hydrogen) atoms. The third-order valence-electron chi connectivity index (χ3n) is 3.53. The average Bonchev–Trinajstić information content (AvgIpc) is 3.23. The predicted molar refractivity (Wildman–Crippen MR) is 104 cm³/mol. The Morgan fingerprint density at radius 3 is 2.96 bits per heavy atom. The van der Waals surface area contributed by atoms with E-state index < -0.39 is 5.63 Å². The monoisotopic (exact) mass is 367 g/mol. The molecule has 0 saturated heterocycles. The van der Waals surface area contributed by atoms with E-state index in [1.54, 1.807) is 29.7 Å². The molecule has 0 aliphatic rings. The van der Waals surface area contributed by atoms with Gasteiger partial charge in [-0.05, 0) is 31.2 Å². The van der Waals surface area contributed by atoms with Crippen molar-refractivity contribution in [2.45, 2.75) is 6.92 Å². The van der Waals surface area contributed by atoms with Crippen LogP contribution in [0.2, 0.25) is 0 Å². The van der Waals surface area contributed by atoms with Crippen LogP contribution in [0.3, 0.4) is 0 Å². The molecule has 1 aromatic carbocycles. The molecule has 0 spiro atoms. The van der Waals surface area contributed by atoms with Crippen LogP contribution < -0.4 is 11.1 Å². The van der Waals surface area contributed by atoms with Gasteiger partial charge < -0.3 is 4.42 Å². The third-order valence-corrected chi connectivity index (χ3v) is 5.22. The van der Waals surface area contributed by atoms with E-state index in [1.165, 1.54) is 16.2 Å². The van der Waals surface area contributed by atoms with Gasteiger partial charge >= 0.3 is 5.63 Å². The van der Waals surface area contributed by atoms with E-state index in [9.17, 15) is 4.79 Å². The first-order chi connectivity index (χ1) is 12.2. The highest BCUT2D eigenvalue weighted by Crippen LogP contribution is 2.25. The molecule has 0 radical (unpaired) electrons. The molecule has 3 aromatic heterocycles. The Balaban J connectivity index is 1.58. The first-order valence-corrected chi connectivity index (χ1v) is 9.23. The van der Waals surface area contributed by atoms with Gasteiger partial charge in [0.05, 0.1) is 17.5 Å². The number of benzene rings is 1. The van der Waals surface area contributed by atoms with E-state index >= 15 is 0 Å². The minimum atomic E-state index is -0.395. The number of para-hydroxylation sites is 1. The highest BCUT2D eigenvalue weighted by molar-refractivity contribution is 7.14. The van der Waals surface area contributed by atoms with Crippen LogP contribution >= 0.6 is 22.7 Å². The number of aromatic nitrogens is 1. The van der Waals surface area contributed by atoms with E-state index in [4.69, 9.17) is 4.42 Å². The van der Waals surface area contributed by atoms with Crippen molar-refractivity contribution >= 4 is 45.0 Å². The van der Waals surface area contributed by atoms with Crippen molar-refractivity contribution in [1.29, 1.82) is 0 Å². The fourth-order valence-electron chi connectivity index (χ4n) is 2.36. The number of thiazole rings is 1. The Hall–Kier alpha value is -2.77. The van der Waals surface area contributed by atoms with Gasteiger partial charge in [-0.2, -0.15) is 5.10 Å². The van der Waals surface area contributed by atoms with Gasteiger partial charge in [-0.3, -0.25) is 5.43 Å². The maximum Gasteiger partial charge on any atom is 0.345 e. The number of aryl methyl sites for hydroxylation is 1. The lowest BCUT2D eigenvalue weighted by Crippen LogP contribution is -2.02. The van der Waals surface area contributed by atoms with E-state index in [2.05, 4.69) is 22.4 Å². The summed E-state index contributed by atoms with van der Waals surface area (Å²) >= 11 is 3.05. The lowest BCUT2D eigenvalue weighted by molar-refractivity contribution is 0.563. The number of nitrogens with one attached hydrogen (secondary N) is 1. The molecule has 1 N–H and O–H groups in total. The van der Waals surface area contributed by atoms with Crippen LogP contribution in [0.15, 0.2) is 62.2 Å². The first-order valence-electron chi connectivity index (χ1n) is 7.53. The van der Waals surface area contributed by atoms with Gasteiger partial charge in [0.25, 0.3) is 0 Å². The number of hydrogen-bond donors (Lipinski definition) is 1. The van der Waals surface area contributed by atoms with Crippen LogP contribution in [0.1, 0.15) is 9.75 Å². The van der Waals surface area contributed by atoms with Crippen molar-refractivity contribution in [2.75, 3.05) is 5.43 Å². The van der Waals surface area contributed by atoms with Crippen molar-refractivity contribution in [3.05, 3.63) is 68.0 Å². The molecule has 0 saturated carbocycles. The largest absolute Gasteiger partial charge is 0.422 e. The Morgan fingerprint density at radius 2 is 2.12 bits per heavy atom. The molecular weight excluding hydrogens is 354 g/mol. The molecule has 124 valence electrons. The van der Waals surface area contributed by atoms with Gasteiger partial charge in [0.15, 0.2) is 0 Å². The minimum absolute atomic E-state index is 0.395. The molecule has 0 unspecified atom stereocenters.